The number of hydrogen-bond acceptors (Lipinski definition) is 5. The summed E-state index contributed by atoms with van der Waals surface area (Å²) in [6, 6.07) is 5.04. The average molecular weight is 360 g/mol. The number of hydrogen-bond donors (Lipinski definition) is 0. The molecule has 0 saturated heterocycles. The lowest BCUT2D eigenvalue weighted by Gasteiger charge is -2.12. The van der Waals surface area contributed by atoms with E-state index in [1.807, 2.05) is 6.07 Å². The van der Waals surface area contributed by atoms with Crippen molar-refractivity contribution < 1.29 is 9.18 Å². The summed E-state index contributed by atoms with van der Waals surface area (Å²) < 4.78 is 15.0. The maximum Gasteiger partial charge on any atom is 0.261 e. The second kappa shape index (κ2) is 6.46. The minimum atomic E-state index is -0.461. The van der Waals surface area contributed by atoms with Crippen LogP contribution in [0.1, 0.15) is 21.6 Å². The SMILES string of the molecule is C=Cc1cc(-c2cncc(F)c2)nc2c1C(=O)N(c1cnn(CC#N)c1)C2. The molecule has 0 fully saturated rings. The van der Waals surface area contributed by atoms with Gasteiger partial charge in [0.05, 0.1) is 47.6 Å². The molecule has 0 N–H and O–H groups in total. The molecule has 3 aromatic heterocycles. The normalized spacial score (nSPS) is 12.7. The Hall–Kier alpha value is -3.86. The molecular formula is C19H13FN6O. The highest BCUT2D eigenvalue weighted by Gasteiger charge is 2.33. The molecule has 3 aromatic rings. The van der Waals surface area contributed by atoms with E-state index in [1.165, 1.54) is 23.1 Å². The van der Waals surface area contributed by atoms with E-state index in [0.717, 1.165) is 6.20 Å². The van der Waals surface area contributed by atoms with Gasteiger partial charge in [0, 0.05) is 18.0 Å². The van der Waals surface area contributed by atoms with E-state index in [9.17, 15) is 9.18 Å². The quantitative estimate of drug-likeness (QED) is 0.714. The Morgan fingerprint density at radius 3 is 2.93 bits per heavy atom. The van der Waals surface area contributed by atoms with E-state index in [0.29, 0.717) is 33.8 Å². The van der Waals surface area contributed by atoms with Gasteiger partial charge in [-0.3, -0.25) is 19.4 Å². The number of halogens is 1. The standard InChI is InChI=1S/C19H13FN6O/c1-2-12-6-16(13-5-14(20)8-22-7-13)24-17-11-26(19(27)18(12)17)15-9-23-25(10-15)4-3-21/h2,5-10H,1,4,11H2. The van der Waals surface area contributed by atoms with Gasteiger partial charge in [-0.15, -0.1) is 0 Å². The van der Waals surface area contributed by atoms with Gasteiger partial charge >= 0.3 is 0 Å². The molecule has 0 aliphatic carbocycles. The third kappa shape index (κ3) is 2.85. The number of amides is 1. The van der Waals surface area contributed by atoms with Crippen molar-refractivity contribution in [3.8, 4) is 17.3 Å². The first-order valence-electron chi connectivity index (χ1n) is 8.09. The molecule has 0 spiro atoms. The van der Waals surface area contributed by atoms with Crippen molar-refractivity contribution in [2.24, 2.45) is 0 Å². The third-order valence-corrected chi connectivity index (χ3v) is 4.28. The van der Waals surface area contributed by atoms with Crippen molar-refractivity contribution in [3.63, 3.8) is 0 Å². The fraction of sp³-hybridized carbons (Fsp3) is 0.105. The summed E-state index contributed by atoms with van der Waals surface area (Å²) in [4.78, 5) is 22.8. The highest BCUT2D eigenvalue weighted by Crippen LogP contribution is 2.32. The third-order valence-electron chi connectivity index (χ3n) is 4.28. The zero-order valence-corrected chi connectivity index (χ0v) is 14.1. The maximum atomic E-state index is 13.5. The summed E-state index contributed by atoms with van der Waals surface area (Å²) >= 11 is 0. The molecule has 0 saturated carbocycles. The average Bonchev–Trinajstić information content (AvgIpc) is 3.26. The second-order valence-corrected chi connectivity index (χ2v) is 5.96. The summed E-state index contributed by atoms with van der Waals surface area (Å²) in [5, 5.41) is 12.8. The number of pyridine rings is 2. The van der Waals surface area contributed by atoms with E-state index < -0.39 is 5.82 Å². The van der Waals surface area contributed by atoms with Crippen LogP contribution in [0, 0.1) is 17.1 Å². The van der Waals surface area contributed by atoms with E-state index in [4.69, 9.17) is 5.26 Å². The van der Waals surface area contributed by atoms with E-state index in [-0.39, 0.29) is 19.0 Å². The monoisotopic (exact) mass is 360 g/mol. The summed E-state index contributed by atoms with van der Waals surface area (Å²) in [7, 11) is 0. The zero-order valence-electron chi connectivity index (χ0n) is 14.1. The largest absolute Gasteiger partial charge is 0.299 e. The summed E-state index contributed by atoms with van der Waals surface area (Å²) in [6.45, 7) is 4.13. The first kappa shape index (κ1) is 16.6. The van der Waals surface area contributed by atoms with Crippen LogP contribution in [0.2, 0.25) is 0 Å². The topological polar surface area (TPSA) is 87.7 Å². The van der Waals surface area contributed by atoms with Gasteiger partial charge in [0.2, 0.25) is 0 Å². The number of anilines is 1. The lowest BCUT2D eigenvalue weighted by Crippen LogP contribution is -2.22. The smallest absolute Gasteiger partial charge is 0.261 e. The molecule has 27 heavy (non-hydrogen) atoms. The molecule has 0 unspecified atom stereocenters. The molecule has 7 nitrogen and oxygen atoms in total. The number of carbonyl (C=O) groups excluding carboxylic acids is 1. The lowest BCUT2D eigenvalue weighted by atomic mass is 10.0. The van der Waals surface area contributed by atoms with E-state index >= 15 is 0 Å². The van der Waals surface area contributed by atoms with Crippen LogP contribution in [0.4, 0.5) is 10.1 Å². The minimum Gasteiger partial charge on any atom is -0.299 e. The highest BCUT2D eigenvalue weighted by molar-refractivity contribution is 6.11. The van der Waals surface area contributed by atoms with Crippen LogP contribution in [0.5, 0.6) is 0 Å². The van der Waals surface area contributed by atoms with Crippen LogP contribution >= 0.6 is 0 Å². The van der Waals surface area contributed by atoms with Crippen LogP contribution in [0.15, 0.2) is 43.5 Å². The molecule has 1 aliphatic heterocycles. The van der Waals surface area contributed by atoms with Gasteiger partial charge in [-0.1, -0.05) is 12.7 Å². The Bertz CT molecular complexity index is 1110. The lowest BCUT2D eigenvalue weighted by molar-refractivity contribution is 0.0996. The molecule has 0 aromatic carbocycles. The van der Waals surface area contributed by atoms with Gasteiger partial charge in [0.15, 0.2) is 0 Å². The van der Waals surface area contributed by atoms with E-state index in [2.05, 4.69) is 21.6 Å². The van der Waals surface area contributed by atoms with Gasteiger partial charge in [-0.25, -0.2) is 9.37 Å². The number of nitriles is 1. The van der Waals surface area contributed by atoms with Crippen molar-refractivity contribution in [1.82, 2.24) is 19.7 Å². The molecule has 1 amide bonds. The highest BCUT2D eigenvalue weighted by atomic mass is 19.1. The van der Waals surface area contributed by atoms with Crippen molar-refractivity contribution in [3.05, 3.63) is 66.1 Å². The molecular weight excluding hydrogens is 347 g/mol. The number of carbonyl (C=O) groups is 1. The van der Waals surface area contributed by atoms with E-state index in [1.54, 1.807) is 23.2 Å². The Balaban J connectivity index is 1.76. The molecule has 132 valence electrons. The fourth-order valence-electron chi connectivity index (χ4n) is 3.06. The molecule has 4 heterocycles. The Morgan fingerprint density at radius 1 is 1.33 bits per heavy atom. The van der Waals surface area contributed by atoms with Crippen LogP contribution < -0.4 is 4.90 Å². The van der Waals surface area contributed by atoms with Gasteiger partial charge in [-0.05, 0) is 17.7 Å². The first-order chi connectivity index (χ1) is 13.1. The number of aromatic nitrogens is 4. The van der Waals surface area contributed by atoms with Crippen LogP contribution in [-0.4, -0.2) is 25.7 Å². The maximum absolute atomic E-state index is 13.5. The molecule has 0 atom stereocenters. The van der Waals surface area contributed by atoms with Crippen LogP contribution in [-0.2, 0) is 13.1 Å². The second-order valence-electron chi connectivity index (χ2n) is 5.96. The summed E-state index contributed by atoms with van der Waals surface area (Å²) in [5.74, 6) is -0.676. The number of nitrogens with zero attached hydrogens (tertiary/aromatic N) is 6. The molecule has 8 heteroatoms. The van der Waals surface area contributed by atoms with Gasteiger partial charge in [-0.2, -0.15) is 10.4 Å². The van der Waals surface area contributed by atoms with Crippen molar-refractivity contribution in [1.29, 1.82) is 5.26 Å². The molecule has 0 bridgehead atoms. The Morgan fingerprint density at radius 2 is 2.19 bits per heavy atom. The fourth-order valence-corrected chi connectivity index (χ4v) is 3.06. The van der Waals surface area contributed by atoms with Crippen LogP contribution in [0.25, 0.3) is 17.3 Å². The first-order valence-corrected chi connectivity index (χ1v) is 8.09. The summed E-state index contributed by atoms with van der Waals surface area (Å²) in [6.07, 6.45) is 7.39. The van der Waals surface area contributed by atoms with Crippen molar-refractivity contribution in [2.75, 3.05) is 4.90 Å². The Labute approximate surface area is 154 Å². The summed E-state index contributed by atoms with van der Waals surface area (Å²) in [5.41, 5.74) is 3.28. The number of fused-ring (bicyclic) bond motifs is 1. The van der Waals surface area contributed by atoms with Gasteiger partial charge in [0.1, 0.15) is 12.4 Å². The predicted octanol–water partition coefficient (Wildman–Crippen LogP) is 2.81. The van der Waals surface area contributed by atoms with Crippen molar-refractivity contribution in [2.45, 2.75) is 13.1 Å². The van der Waals surface area contributed by atoms with Gasteiger partial charge < -0.3 is 0 Å². The predicted molar refractivity (Wildman–Crippen MR) is 95.9 cm³/mol. The van der Waals surface area contributed by atoms with Gasteiger partial charge in [0.25, 0.3) is 5.91 Å². The molecule has 4 rings (SSSR count). The molecule has 1 aliphatic rings. The Kier molecular flexibility index (Phi) is 3.97. The van der Waals surface area contributed by atoms with Crippen LogP contribution in [0.3, 0.4) is 0 Å². The van der Waals surface area contributed by atoms with Crippen molar-refractivity contribution >= 4 is 17.7 Å². The minimum absolute atomic E-state index is 0.0991. The zero-order chi connectivity index (χ0) is 19.0. The number of rotatable bonds is 4. The molecule has 0 radical (unpaired) electrons.